The zero-order valence-corrected chi connectivity index (χ0v) is 20.1. The van der Waals surface area contributed by atoms with Crippen molar-refractivity contribution in [1.82, 2.24) is 0 Å². The van der Waals surface area contributed by atoms with Gasteiger partial charge < -0.3 is 0 Å². The average Bonchev–Trinajstić information content (AvgIpc) is 2.84. The highest BCUT2D eigenvalue weighted by atomic mass is 19.1. The summed E-state index contributed by atoms with van der Waals surface area (Å²) in [6.07, 6.45) is 16.3. The van der Waals surface area contributed by atoms with E-state index >= 15 is 4.39 Å². The van der Waals surface area contributed by atoms with Gasteiger partial charge in [0.25, 0.3) is 0 Å². The summed E-state index contributed by atoms with van der Waals surface area (Å²) in [6.45, 7) is 2.28. The minimum Gasteiger partial charge on any atom is -0.207 e. The van der Waals surface area contributed by atoms with Gasteiger partial charge in [0.15, 0.2) is 0 Å². The molecule has 0 radical (unpaired) electrons. The van der Waals surface area contributed by atoms with Gasteiger partial charge in [0.1, 0.15) is 11.6 Å². The van der Waals surface area contributed by atoms with Crippen LogP contribution in [0.4, 0.5) is 8.78 Å². The van der Waals surface area contributed by atoms with E-state index < -0.39 is 0 Å². The first-order valence-electron chi connectivity index (χ1n) is 13.1. The highest BCUT2D eigenvalue weighted by Gasteiger charge is 2.20. The summed E-state index contributed by atoms with van der Waals surface area (Å²) < 4.78 is 28.4. The second-order valence-electron chi connectivity index (χ2n) is 10.1. The summed E-state index contributed by atoms with van der Waals surface area (Å²) >= 11 is 0. The molecule has 0 heterocycles. The van der Waals surface area contributed by atoms with Gasteiger partial charge in [-0.05, 0) is 53.3 Å². The maximum Gasteiger partial charge on any atom is 0.138 e. The molecule has 0 spiro atoms. The Bertz CT molecular complexity index is 1010. The van der Waals surface area contributed by atoms with Crippen molar-refractivity contribution in [3.63, 3.8) is 0 Å². The molecule has 3 aromatic carbocycles. The SMILES string of the molecule is CCCCCCC[C@H]1CC[C@H](CCc2ccc3c(F)c(-c4ccc(F)cc4)ccc3c2)CC1. The molecule has 0 amide bonds. The minimum atomic E-state index is -0.305. The lowest BCUT2D eigenvalue weighted by molar-refractivity contribution is 0.249. The highest BCUT2D eigenvalue weighted by molar-refractivity contribution is 5.88. The lowest BCUT2D eigenvalue weighted by atomic mass is 9.77. The maximum atomic E-state index is 15.2. The molecular weight excluding hydrogens is 410 g/mol. The summed E-state index contributed by atoms with van der Waals surface area (Å²) in [7, 11) is 0. The minimum absolute atomic E-state index is 0.223. The third-order valence-electron chi connectivity index (χ3n) is 7.70. The summed E-state index contributed by atoms with van der Waals surface area (Å²) in [5.41, 5.74) is 2.53. The lowest BCUT2D eigenvalue weighted by Crippen LogP contribution is -2.15. The number of hydrogen-bond acceptors (Lipinski definition) is 0. The van der Waals surface area contributed by atoms with Crippen molar-refractivity contribution >= 4 is 10.8 Å². The van der Waals surface area contributed by atoms with E-state index in [1.54, 1.807) is 12.1 Å². The molecule has 0 saturated heterocycles. The van der Waals surface area contributed by atoms with Crippen molar-refractivity contribution in [3.05, 3.63) is 71.8 Å². The fourth-order valence-corrected chi connectivity index (χ4v) is 5.57. The summed E-state index contributed by atoms with van der Waals surface area (Å²) in [6, 6.07) is 16.0. The largest absolute Gasteiger partial charge is 0.207 e. The van der Waals surface area contributed by atoms with Crippen molar-refractivity contribution in [2.75, 3.05) is 0 Å². The molecule has 2 heteroatoms. The van der Waals surface area contributed by atoms with Gasteiger partial charge in [-0.3, -0.25) is 0 Å². The van der Waals surface area contributed by atoms with E-state index in [1.165, 1.54) is 88.3 Å². The number of aryl methyl sites for hydroxylation is 1. The summed E-state index contributed by atoms with van der Waals surface area (Å²) in [5, 5.41) is 1.59. The van der Waals surface area contributed by atoms with Crippen LogP contribution in [0.15, 0.2) is 54.6 Å². The third-order valence-corrected chi connectivity index (χ3v) is 7.70. The standard InChI is InChI=1S/C31H38F2/c1-2-3-4-5-6-7-23-8-10-24(11-9-23)12-13-25-14-20-30-27(22-25)17-21-29(31(30)33)26-15-18-28(32)19-16-26/h14-24H,2-13H2,1H3/t23-,24-. The predicted octanol–water partition coefficient (Wildman–Crippen LogP) is 9.88. The first kappa shape index (κ1) is 23.9. The summed E-state index contributed by atoms with van der Waals surface area (Å²) in [5.74, 6) is 1.27. The molecule has 0 aromatic heterocycles. The van der Waals surface area contributed by atoms with E-state index in [0.29, 0.717) is 16.5 Å². The van der Waals surface area contributed by atoms with Crippen LogP contribution in [0.1, 0.15) is 83.1 Å². The Kier molecular flexibility index (Phi) is 8.53. The Labute approximate surface area is 198 Å². The summed E-state index contributed by atoms with van der Waals surface area (Å²) in [4.78, 5) is 0. The Morgan fingerprint density at radius 1 is 0.727 bits per heavy atom. The first-order chi connectivity index (χ1) is 16.1. The fourth-order valence-electron chi connectivity index (χ4n) is 5.57. The van der Waals surface area contributed by atoms with Gasteiger partial charge in [0.2, 0.25) is 0 Å². The van der Waals surface area contributed by atoms with Gasteiger partial charge in [-0.1, -0.05) is 114 Å². The third kappa shape index (κ3) is 6.43. The molecule has 0 unspecified atom stereocenters. The molecule has 3 aromatic rings. The molecule has 176 valence electrons. The molecule has 33 heavy (non-hydrogen) atoms. The first-order valence-corrected chi connectivity index (χ1v) is 13.1. The number of halogens is 2. The number of hydrogen-bond donors (Lipinski definition) is 0. The van der Waals surface area contributed by atoms with Gasteiger partial charge in [-0.2, -0.15) is 0 Å². The molecular formula is C31H38F2. The van der Waals surface area contributed by atoms with Crippen molar-refractivity contribution in [2.24, 2.45) is 11.8 Å². The molecule has 1 aliphatic rings. The second-order valence-corrected chi connectivity index (χ2v) is 10.1. The van der Waals surface area contributed by atoms with Crippen molar-refractivity contribution in [2.45, 2.75) is 84.0 Å². The number of fused-ring (bicyclic) bond motifs is 1. The molecule has 4 rings (SSSR count). The van der Waals surface area contributed by atoms with Crippen LogP contribution < -0.4 is 0 Å². The quantitative estimate of drug-likeness (QED) is 0.271. The van der Waals surface area contributed by atoms with Crippen LogP contribution in [0.5, 0.6) is 0 Å². The van der Waals surface area contributed by atoms with Crippen LogP contribution in [0.25, 0.3) is 21.9 Å². The Balaban J connectivity index is 1.29. The van der Waals surface area contributed by atoms with Crippen LogP contribution in [-0.2, 0) is 6.42 Å². The lowest BCUT2D eigenvalue weighted by Gasteiger charge is -2.28. The van der Waals surface area contributed by atoms with Gasteiger partial charge >= 0.3 is 0 Å². The normalized spacial score (nSPS) is 18.6. The second kappa shape index (κ2) is 11.8. The average molecular weight is 449 g/mol. The van der Waals surface area contributed by atoms with Gasteiger partial charge in [-0.15, -0.1) is 0 Å². The van der Waals surface area contributed by atoms with E-state index in [2.05, 4.69) is 19.1 Å². The van der Waals surface area contributed by atoms with Crippen LogP contribution in [-0.4, -0.2) is 0 Å². The smallest absolute Gasteiger partial charge is 0.138 e. The van der Waals surface area contributed by atoms with Crippen molar-refractivity contribution in [3.8, 4) is 11.1 Å². The van der Waals surface area contributed by atoms with Crippen LogP contribution in [0.2, 0.25) is 0 Å². The molecule has 1 fully saturated rings. The highest BCUT2D eigenvalue weighted by Crippen LogP contribution is 2.35. The fraction of sp³-hybridized carbons (Fsp3) is 0.484. The number of unbranched alkanes of at least 4 members (excludes halogenated alkanes) is 4. The maximum absolute atomic E-state index is 15.2. The molecule has 0 bridgehead atoms. The zero-order valence-electron chi connectivity index (χ0n) is 20.1. The van der Waals surface area contributed by atoms with Crippen molar-refractivity contribution in [1.29, 1.82) is 0 Å². The van der Waals surface area contributed by atoms with Crippen LogP contribution in [0.3, 0.4) is 0 Å². The zero-order chi connectivity index (χ0) is 23.0. The topological polar surface area (TPSA) is 0 Å². The van der Waals surface area contributed by atoms with Crippen LogP contribution in [0, 0.1) is 23.5 Å². The molecule has 1 saturated carbocycles. The van der Waals surface area contributed by atoms with Gasteiger partial charge in [0, 0.05) is 10.9 Å². The Morgan fingerprint density at radius 2 is 1.42 bits per heavy atom. The van der Waals surface area contributed by atoms with Crippen molar-refractivity contribution < 1.29 is 8.78 Å². The Hall–Kier alpha value is -2.22. The van der Waals surface area contributed by atoms with E-state index in [0.717, 1.165) is 23.6 Å². The molecule has 1 aliphatic carbocycles. The van der Waals surface area contributed by atoms with Crippen LogP contribution >= 0.6 is 0 Å². The van der Waals surface area contributed by atoms with E-state index in [9.17, 15) is 4.39 Å². The molecule has 0 nitrogen and oxygen atoms in total. The van der Waals surface area contributed by atoms with E-state index in [1.807, 2.05) is 18.2 Å². The van der Waals surface area contributed by atoms with E-state index in [4.69, 9.17) is 0 Å². The van der Waals surface area contributed by atoms with E-state index in [-0.39, 0.29) is 11.6 Å². The molecule has 0 atom stereocenters. The molecule has 0 aliphatic heterocycles. The Morgan fingerprint density at radius 3 is 2.15 bits per heavy atom. The monoisotopic (exact) mass is 448 g/mol. The number of benzene rings is 3. The predicted molar refractivity (Wildman–Crippen MR) is 136 cm³/mol. The molecule has 0 N–H and O–H groups in total. The number of rotatable bonds is 10. The van der Waals surface area contributed by atoms with Gasteiger partial charge in [0.05, 0.1) is 0 Å². The van der Waals surface area contributed by atoms with Gasteiger partial charge in [-0.25, -0.2) is 8.78 Å².